The molecule has 57 heavy (non-hydrogen) atoms. The zero-order chi connectivity index (χ0) is 44.5. The van der Waals surface area contributed by atoms with Crippen molar-refractivity contribution in [2.45, 2.75) is 13.1 Å². The van der Waals surface area contributed by atoms with Gasteiger partial charge in [0, 0.05) is 0 Å². The average molecular weight is 1260 g/mol. The topological polar surface area (TPSA) is 467 Å². The van der Waals surface area contributed by atoms with Crippen LogP contribution in [0, 0.1) is 0 Å². The summed E-state index contributed by atoms with van der Waals surface area (Å²) in [7, 11) is -58.0. The zero-order valence-electron chi connectivity index (χ0n) is 27.7. The third-order valence-electron chi connectivity index (χ3n) is 6.54. The lowest BCUT2D eigenvalue weighted by Gasteiger charge is -2.66. The Balaban J connectivity index is 11.1. The highest BCUT2D eigenvalue weighted by Gasteiger charge is 2.96. The summed E-state index contributed by atoms with van der Waals surface area (Å²) in [6, 6.07) is 0. The van der Waals surface area contributed by atoms with Crippen LogP contribution < -0.4 is 0 Å². The Kier molecular flexibility index (Phi) is 30.5. The molecule has 0 aliphatic heterocycles. The first-order valence-corrected chi connectivity index (χ1v) is 65.0. The third kappa shape index (κ3) is 12.4. The summed E-state index contributed by atoms with van der Waals surface area (Å²) in [4.78, 5) is 211. The minimum absolute atomic E-state index is 0.960. The van der Waals surface area contributed by atoms with Gasteiger partial charge in [-0.25, -0.2) is 0 Å². The molecule has 0 aromatic carbocycles. The van der Waals surface area contributed by atoms with Crippen molar-refractivity contribution in [3.63, 3.8) is 0 Å². The van der Waals surface area contributed by atoms with Gasteiger partial charge in [0.25, 0.3) is 50.9 Å². The standard InChI is InChI=1S/C2H25O28Si27/c1-49(2,21)28-52(29-50(38-10,39-11)22-31-3,56(27-36-8,48(20)37-9)53(42-14,43-15)24-33-5)57(54(44-16,45-17)25-34-6,55(46-18,47-19)26-35-7)30-51(40-12,41-13)23-32-4/h3-21H,1-2H3. The quantitative estimate of drug-likeness (QED) is 0.0262. The molecule has 0 aliphatic carbocycles. The largest absolute Gasteiger partial charge is 0.437 e. The predicted molar refractivity (Wildman–Crippen MR) is 219 cm³/mol. The first-order valence-electron chi connectivity index (χ1n) is 13.2. The molecule has 55 heteroatoms. The Labute approximate surface area is 373 Å². The van der Waals surface area contributed by atoms with Crippen LogP contribution in [0.25, 0.3) is 0 Å². The maximum absolute atomic E-state index is 12.5. The van der Waals surface area contributed by atoms with Crippen LogP contribution >= 0.6 is 0 Å². The minimum Gasteiger partial charge on any atom is -0.437 e. The molecule has 2 atom stereocenters. The Morgan fingerprint density at radius 3 is 0.965 bits per heavy atom. The van der Waals surface area contributed by atoms with Crippen LogP contribution in [0.1, 0.15) is 0 Å². The number of rotatable bonds is 35. The summed E-state index contributed by atoms with van der Waals surface area (Å²) >= 11 is 0. The molecule has 0 aliphatic rings. The maximum atomic E-state index is 12.5. The molecule has 0 aromatic heterocycles. The van der Waals surface area contributed by atoms with Crippen LogP contribution in [0.2, 0.25) is 13.1 Å². The molecule has 0 aromatic rings. The summed E-state index contributed by atoms with van der Waals surface area (Å²) in [5.74, 6) is 0. The van der Waals surface area contributed by atoms with E-state index in [9.17, 15) is 91.1 Å². The average Bonchev–Trinajstić information content (AvgIpc) is 3.20. The van der Waals surface area contributed by atoms with Crippen LogP contribution in [0.3, 0.4) is 0 Å². The van der Waals surface area contributed by atoms with Gasteiger partial charge in [0.2, 0.25) is 93.6 Å². The monoisotopic (exact) mass is 1250 g/mol. The van der Waals surface area contributed by atoms with Crippen molar-refractivity contribution >= 4 is 236 Å². The van der Waals surface area contributed by atoms with Crippen LogP contribution in [0.15, 0.2) is 0 Å². The lowest BCUT2D eigenvalue weighted by molar-refractivity contribution is 0.302. The van der Waals surface area contributed by atoms with Crippen molar-refractivity contribution in [1.29, 1.82) is 0 Å². The minimum atomic E-state index is -6.73. The van der Waals surface area contributed by atoms with Gasteiger partial charge in [-0.1, -0.05) is 0 Å². The molecule has 0 rings (SSSR count). The zero-order valence-corrected chi connectivity index (χ0v) is 54.7. The van der Waals surface area contributed by atoms with E-state index in [1.54, 1.807) is 0 Å². The van der Waals surface area contributed by atoms with Gasteiger partial charge in [-0.15, -0.1) is 0 Å². The van der Waals surface area contributed by atoms with Gasteiger partial charge >= 0.3 is 91.4 Å². The highest BCUT2D eigenvalue weighted by Crippen LogP contribution is 2.48. The van der Waals surface area contributed by atoms with Crippen LogP contribution in [-0.2, 0) is 37.0 Å². The van der Waals surface area contributed by atoms with Crippen LogP contribution in [-0.4, -0.2) is 327 Å². The highest BCUT2D eigenvalue weighted by atomic mass is 30.4. The van der Waals surface area contributed by atoms with Gasteiger partial charge < -0.3 is 128 Å². The second-order valence-corrected chi connectivity index (χ2v) is 117. The smallest absolute Gasteiger partial charge is 0.420 e. The van der Waals surface area contributed by atoms with Crippen molar-refractivity contribution < 1.29 is 128 Å². The molecule has 0 saturated heterocycles. The molecule has 0 amide bonds. The van der Waals surface area contributed by atoms with Crippen LogP contribution in [0.5, 0.6) is 0 Å². The molecule has 19 N–H and O–H groups in total. The fourth-order valence-corrected chi connectivity index (χ4v) is 344. The highest BCUT2D eigenvalue weighted by molar-refractivity contribution is 8.20. The molecular weight excluding hydrogens is 1230 g/mol. The molecule has 2 unspecified atom stereocenters. The fraction of sp³-hybridized carbons (Fsp3) is 1.00. The lowest BCUT2D eigenvalue weighted by Crippen LogP contribution is -3.10. The van der Waals surface area contributed by atoms with E-state index in [1.807, 2.05) is 0 Å². The first-order chi connectivity index (χ1) is 26.8. The molecule has 0 saturated carbocycles. The van der Waals surface area contributed by atoms with Gasteiger partial charge in [-0.3, -0.25) is 0 Å². The molecule has 0 heterocycles. The summed E-state index contributed by atoms with van der Waals surface area (Å²) in [5.41, 5.74) is 0. The van der Waals surface area contributed by atoms with E-state index in [0.29, 0.717) is 0 Å². The van der Waals surface area contributed by atoms with E-state index < -0.39 is 236 Å². The third-order valence-corrected chi connectivity index (χ3v) is 205. The van der Waals surface area contributed by atoms with Gasteiger partial charge in [0.1, 0.15) is 0 Å². The molecule has 0 fully saturated rings. The number of hydrogen-bond acceptors (Lipinski definition) is 28. The molecular formula is C2H25O28Si27. The normalized spacial score (nSPS) is 16.3. The van der Waals surface area contributed by atoms with Gasteiger partial charge in [-0.05, 0) is 13.1 Å². The SMILES string of the molecule is C[Si](C)(O)O[Si](O[Si](O[Si]O)([Si]O)[Si]O)([Si](O[Si]O)([Si](O)[Si]O)[Si](O[Si]O)([Si]O)[Si]O)[Si](O[Si](O[Si]O)([Si]O)[Si]O)([Si](O[Si]O)([Si]O)[Si]O)[Si](O[Si]O)([Si]O)[Si]O. The van der Waals surface area contributed by atoms with Crippen molar-refractivity contribution in [3.8, 4) is 0 Å². The van der Waals surface area contributed by atoms with E-state index in [1.165, 1.54) is 0 Å². The Morgan fingerprint density at radius 2 is 0.702 bits per heavy atom. The van der Waals surface area contributed by atoms with Gasteiger partial charge in [0.05, 0.1) is 0 Å². The van der Waals surface area contributed by atoms with Crippen LogP contribution in [0.4, 0.5) is 0 Å². The Hall–Kier alpha value is 4.74. The second-order valence-electron chi connectivity index (χ2n) is 9.75. The Morgan fingerprint density at radius 1 is 0.386 bits per heavy atom. The Bertz CT molecular complexity index is 1060. The van der Waals surface area contributed by atoms with Crippen molar-refractivity contribution in [1.82, 2.24) is 0 Å². The van der Waals surface area contributed by atoms with Crippen molar-refractivity contribution in [2.24, 2.45) is 0 Å². The first kappa shape index (κ1) is 61.7. The number of hydrogen-bond donors (Lipinski definition) is 19. The van der Waals surface area contributed by atoms with Gasteiger partial charge in [-0.2, -0.15) is 0 Å². The molecule has 28 nitrogen and oxygen atoms in total. The summed E-state index contributed by atoms with van der Waals surface area (Å²) in [6.07, 6.45) is 0. The second kappa shape index (κ2) is 28.2. The van der Waals surface area contributed by atoms with E-state index >= 15 is 0 Å². The van der Waals surface area contributed by atoms with E-state index in [4.69, 9.17) is 37.0 Å². The summed E-state index contributed by atoms with van der Waals surface area (Å²) in [6.45, 7) is -27.5. The fourth-order valence-electron chi connectivity index (χ4n) is 4.65. The lowest BCUT2D eigenvalue weighted by atomic mass is 11.9. The van der Waals surface area contributed by atoms with Crippen molar-refractivity contribution in [3.05, 3.63) is 0 Å². The predicted octanol–water partition coefficient (Wildman–Crippen LogP) is -20.3. The summed E-state index contributed by atoms with van der Waals surface area (Å²) < 4.78 is 54.6. The molecule has 0 spiro atoms. The van der Waals surface area contributed by atoms with E-state index in [0.717, 1.165) is 13.1 Å². The van der Waals surface area contributed by atoms with Gasteiger partial charge in [0.15, 0.2) is 0 Å². The van der Waals surface area contributed by atoms with E-state index in [-0.39, 0.29) is 0 Å². The summed E-state index contributed by atoms with van der Waals surface area (Å²) in [5, 5.41) is 0. The van der Waals surface area contributed by atoms with Crippen molar-refractivity contribution in [2.75, 3.05) is 0 Å². The molecule has 0 bridgehead atoms. The molecule has 309 valence electrons. The maximum Gasteiger partial charge on any atom is 0.420 e. The van der Waals surface area contributed by atoms with E-state index in [2.05, 4.69) is 0 Å². The molecule has 35 radical (unpaired) electrons.